The molecule has 3 aliphatic rings. The van der Waals surface area contributed by atoms with Gasteiger partial charge in [-0.2, -0.15) is 0 Å². The maximum absolute atomic E-state index is 13.8. The van der Waals surface area contributed by atoms with Crippen molar-refractivity contribution in [1.82, 2.24) is 25.1 Å². The van der Waals surface area contributed by atoms with Crippen LogP contribution >= 0.6 is 0 Å². The van der Waals surface area contributed by atoms with Gasteiger partial charge in [0.15, 0.2) is 0 Å². The summed E-state index contributed by atoms with van der Waals surface area (Å²) >= 11 is 0. The van der Waals surface area contributed by atoms with E-state index in [1.54, 1.807) is 0 Å². The molecule has 2 aliphatic heterocycles. The van der Waals surface area contributed by atoms with Gasteiger partial charge >= 0.3 is 0 Å². The Bertz CT molecular complexity index is 1380. The maximum Gasteiger partial charge on any atom is 0.272 e. The van der Waals surface area contributed by atoms with Crippen LogP contribution in [0.4, 0.5) is 0 Å². The second kappa shape index (κ2) is 10.4. The van der Waals surface area contributed by atoms with Crippen molar-refractivity contribution in [1.29, 1.82) is 0 Å². The van der Waals surface area contributed by atoms with Crippen molar-refractivity contribution in [3.8, 4) is 0 Å². The normalized spacial score (nSPS) is 22.1. The summed E-state index contributed by atoms with van der Waals surface area (Å²) in [4.78, 5) is 51.9. The van der Waals surface area contributed by atoms with Crippen molar-refractivity contribution in [3.05, 3.63) is 65.6 Å². The lowest BCUT2D eigenvalue weighted by atomic mass is 9.85. The average molecular weight is 542 g/mol. The summed E-state index contributed by atoms with van der Waals surface area (Å²) in [6.45, 7) is 6.87. The molecular weight excluding hydrogens is 502 g/mol. The number of aromatic nitrogens is 2. The van der Waals surface area contributed by atoms with E-state index >= 15 is 0 Å². The van der Waals surface area contributed by atoms with Gasteiger partial charge in [-0.1, -0.05) is 64.3 Å². The number of pyridine rings is 1. The molecule has 1 aliphatic carbocycles. The number of aromatic amines is 1. The standard InChI is InChI=1S/C32H39N5O3/c1-32(2,3)28(35-29(38)27-15-21-11-7-8-12-25(21)34-27)31(40)37-19-23-16-24(37)18-36(23)30(39)26-14-13-22(17-33-26)20-9-5-4-6-10-20/h7-8,11-15,17,20,23-24,28,34H,4-6,9-10,16,18-19H2,1-3H3,(H,35,38)/t23-,24?,28+/m0/s1. The van der Waals surface area contributed by atoms with Crippen LogP contribution in [0.1, 0.15) is 91.8 Å². The number of rotatable bonds is 5. The Labute approximate surface area is 235 Å². The van der Waals surface area contributed by atoms with Gasteiger partial charge in [-0.3, -0.25) is 19.4 Å². The van der Waals surface area contributed by atoms with Crippen molar-refractivity contribution < 1.29 is 14.4 Å². The third-order valence-corrected chi connectivity index (χ3v) is 9.03. The Balaban J connectivity index is 1.11. The molecule has 3 amide bonds. The average Bonchev–Trinajstić information content (AvgIpc) is 3.69. The fourth-order valence-electron chi connectivity index (χ4n) is 6.76. The number of fused-ring (bicyclic) bond motifs is 3. The van der Waals surface area contributed by atoms with Gasteiger partial charge in [-0.25, -0.2) is 0 Å². The van der Waals surface area contributed by atoms with Crippen LogP contribution in [-0.4, -0.2) is 68.7 Å². The molecule has 8 nitrogen and oxygen atoms in total. The van der Waals surface area contributed by atoms with Gasteiger partial charge in [0.1, 0.15) is 17.4 Å². The van der Waals surface area contributed by atoms with Crippen LogP contribution in [0, 0.1) is 5.41 Å². The lowest BCUT2D eigenvalue weighted by molar-refractivity contribution is -0.138. The molecule has 1 saturated carbocycles. The Morgan fingerprint density at radius 1 is 0.975 bits per heavy atom. The number of amides is 3. The van der Waals surface area contributed by atoms with E-state index in [1.165, 1.54) is 37.7 Å². The van der Waals surface area contributed by atoms with Crippen molar-refractivity contribution in [2.75, 3.05) is 13.1 Å². The minimum Gasteiger partial charge on any atom is -0.351 e. The molecule has 2 aromatic heterocycles. The summed E-state index contributed by atoms with van der Waals surface area (Å²) in [5.41, 5.74) is 2.54. The van der Waals surface area contributed by atoms with Crippen LogP contribution in [0.15, 0.2) is 48.7 Å². The predicted octanol–water partition coefficient (Wildman–Crippen LogP) is 4.88. The second-order valence-electron chi connectivity index (χ2n) is 12.8. The van der Waals surface area contributed by atoms with E-state index in [9.17, 15) is 14.4 Å². The quantitative estimate of drug-likeness (QED) is 0.481. The van der Waals surface area contributed by atoms with Crippen molar-refractivity contribution in [2.45, 2.75) is 83.3 Å². The van der Waals surface area contributed by atoms with Crippen molar-refractivity contribution in [2.24, 2.45) is 5.41 Å². The smallest absolute Gasteiger partial charge is 0.272 e. The number of likely N-dealkylation sites (tertiary alicyclic amines) is 2. The van der Waals surface area contributed by atoms with E-state index in [1.807, 2.05) is 73.2 Å². The summed E-state index contributed by atoms with van der Waals surface area (Å²) < 4.78 is 0. The Hall–Kier alpha value is -3.68. The Morgan fingerprint density at radius 3 is 2.35 bits per heavy atom. The first kappa shape index (κ1) is 26.5. The van der Waals surface area contributed by atoms with Crippen molar-refractivity contribution >= 4 is 28.6 Å². The van der Waals surface area contributed by atoms with Crippen LogP contribution in [0.2, 0.25) is 0 Å². The molecule has 3 fully saturated rings. The zero-order valence-corrected chi connectivity index (χ0v) is 23.7. The van der Waals surface area contributed by atoms with Crippen LogP contribution in [0.5, 0.6) is 0 Å². The summed E-state index contributed by atoms with van der Waals surface area (Å²) in [6.07, 6.45) is 8.88. The molecule has 1 unspecified atom stereocenters. The molecule has 4 heterocycles. The number of hydrogen-bond donors (Lipinski definition) is 2. The van der Waals surface area contributed by atoms with E-state index in [0.717, 1.165) is 17.3 Å². The number of benzene rings is 1. The highest BCUT2D eigenvalue weighted by molar-refractivity contribution is 6.00. The van der Waals surface area contributed by atoms with Gasteiger partial charge in [-0.15, -0.1) is 0 Å². The highest BCUT2D eigenvalue weighted by atomic mass is 16.2. The summed E-state index contributed by atoms with van der Waals surface area (Å²) in [5, 5.41) is 3.96. The number of piperazine rings is 1. The largest absolute Gasteiger partial charge is 0.351 e. The number of nitrogens with one attached hydrogen (secondary N) is 2. The monoisotopic (exact) mass is 541 g/mol. The number of hydrogen-bond acceptors (Lipinski definition) is 4. The molecule has 6 rings (SSSR count). The van der Waals surface area contributed by atoms with Gasteiger partial charge in [-0.05, 0) is 54.4 Å². The summed E-state index contributed by atoms with van der Waals surface area (Å²) in [6, 6.07) is 12.7. The van der Waals surface area contributed by atoms with E-state index in [0.29, 0.717) is 30.4 Å². The lowest BCUT2D eigenvalue weighted by Crippen LogP contribution is -2.59. The lowest BCUT2D eigenvalue weighted by Gasteiger charge is -2.39. The molecule has 210 valence electrons. The van der Waals surface area contributed by atoms with E-state index < -0.39 is 11.5 Å². The fraction of sp³-hybridized carbons (Fsp3) is 0.500. The van der Waals surface area contributed by atoms with Gasteiger partial charge in [0.05, 0.1) is 12.1 Å². The SMILES string of the molecule is CC(C)(C)[C@H](NC(=O)c1cc2ccccc2[nH]1)C(=O)N1C[C@@H]2CC1CN2C(=O)c1ccc(C2CCCCC2)cn1. The fourth-order valence-corrected chi connectivity index (χ4v) is 6.76. The number of carbonyl (C=O) groups is 3. The Morgan fingerprint density at radius 2 is 1.70 bits per heavy atom. The third-order valence-electron chi connectivity index (χ3n) is 9.03. The van der Waals surface area contributed by atoms with Crippen LogP contribution in [0.25, 0.3) is 10.9 Å². The van der Waals surface area contributed by atoms with Crippen molar-refractivity contribution in [3.63, 3.8) is 0 Å². The van der Waals surface area contributed by atoms with E-state index in [-0.39, 0.29) is 29.8 Å². The zero-order chi connectivity index (χ0) is 28.0. The second-order valence-corrected chi connectivity index (χ2v) is 12.8. The van der Waals surface area contributed by atoms with Crippen LogP contribution < -0.4 is 5.32 Å². The third kappa shape index (κ3) is 5.00. The molecule has 2 bridgehead atoms. The highest BCUT2D eigenvalue weighted by Crippen LogP contribution is 2.35. The molecular formula is C32H39N5O3. The first-order valence-corrected chi connectivity index (χ1v) is 14.6. The van der Waals surface area contributed by atoms with Gasteiger partial charge in [0, 0.05) is 30.2 Å². The number of nitrogens with zero attached hydrogens (tertiary/aromatic N) is 3. The highest BCUT2D eigenvalue weighted by Gasteiger charge is 2.50. The number of H-pyrrole nitrogens is 1. The topological polar surface area (TPSA) is 98.4 Å². The molecule has 2 N–H and O–H groups in total. The maximum atomic E-state index is 13.8. The first-order chi connectivity index (χ1) is 19.2. The zero-order valence-electron chi connectivity index (χ0n) is 23.7. The molecule has 1 aromatic carbocycles. The molecule has 0 spiro atoms. The summed E-state index contributed by atoms with van der Waals surface area (Å²) in [7, 11) is 0. The molecule has 3 aromatic rings. The van der Waals surface area contributed by atoms with E-state index in [4.69, 9.17) is 0 Å². The first-order valence-electron chi connectivity index (χ1n) is 14.6. The number of para-hydroxylation sites is 1. The minimum absolute atomic E-state index is 0.0358. The Kier molecular flexibility index (Phi) is 6.88. The predicted molar refractivity (Wildman–Crippen MR) is 154 cm³/mol. The molecule has 3 atom stereocenters. The minimum atomic E-state index is -0.691. The van der Waals surface area contributed by atoms with Crippen LogP contribution in [0.3, 0.4) is 0 Å². The van der Waals surface area contributed by atoms with Gasteiger partial charge in [0.2, 0.25) is 5.91 Å². The van der Waals surface area contributed by atoms with Crippen LogP contribution in [-0.2, 0) is 4.79 Å². The summed E-state index contributed by atoms with van der Waals surface area (Å²) in [5.74, 6) is 0.106. The molecule has 40 heavy (non-hydrogen) atoms. The molecule has 2 saturated heterocycles. The molecule has 8 heteroatoms. The number of carbonyl (C=O) groups excluding carboxylic acids is 3. The van der Waals surface area contributed by atoms with E-state index in [2.05, 4.69) is 21.4 Å². The van der Waals surface area contributed by atoms with Gasteiger partial charge < -0.3 is 20.1 Å². The molecule has 0 radical (unpaired) electrons. The van der Waals surface area contributed by atoms with Gasteiger partial charge in [0.25, 0.3) is 11.8 Å².